The standard InChI is InChI=1S/C13H17NO3/c1-9(14-7-11(15)12(16)8-14)13(17)10-5-3-2-4-6-10/h2-6,9,11-12,15-16H,7-8H2,1H3. The van der Waals surface area contributed by atoms with Crippen molar-refractivity contribution in [1.29, 1.82) is 0 Å². The number of ketones is 1. The number of aliphatic hydroxyl groups excluding tert-OH is 2. The van der Waals surface area contributed by atoms with Crippen LogP contribution in [0.2, 0.25) is 0 Å². The topological polar surface area (TPSA) is 60.8 Å². The Hall–Kier alpha value is -1.23. The number of hydrogen-bond donors (Lipinski definition) is 2. The molecule has 0 amide bonds. The molecule has 1 saturated heterocycles. The number of rotatable bonds is 3. The molecule has 3 atom stereocenters. The highest BCUT2D eigenvalue weighted by Gasteiger charge is 2.34. The monoisotopic (exact) mass is 235 g/mol. The van der Waals surface area contributed by atoms with E-state index in [2.05, 4.69) is 0 Å². The van der Waals surface area contributed by atoms with Crippen LogP contribution >= 0.6 is 0 Å². The van der Waals surface area contributed by atoms with Crippen molar-refractivity contribution < 1.29 is 15.0 Å². The van der Waals surface area contributed by atoms with Crippen molar-refractivity contribution in [3.8, 4) is 0 Å². The molecule has 0 aromatic heterocycles. The maximum absolute atomic E-state index is 12.1. The third kappa shape index (κ3) is 2.54. The van der Waals surface area contributed by atoms with Gasteiger partial charge in [0.15, 0.2) is 5.78 Å². The zero-order valence-corrected chi connectivity index (χ0v) is 9.78. The van der Waals surface area contributed by atoms with Crippen molar-refractivity contribution in [3.05, 3.63) is 35.9 Å². The van der Waals surface area contributed by atoms with Crippen molar-refractivity contribution in [2.75, 3.05) is 13.1 Å². The quantitative estimate of drug-likeness (QED) is 0.740. The van der Waals surface area contributed by atoms with Gasteiger partial charge in [0.1, 0.15) is 0 Å². The highest BCUT2D eigenvalue weighted by Crippen LogP contribution is 2.16. The third-order valence-corrected chi connectivity index (χ3v) is 3.27. The van der Waals surface area contributed by atoms with E-state index in [9.17, 15) is 15.0 Å². The fraction of sp³-hybridized carbons (Fsp3) is 0.462. The van der Waals surface area contributed by atoms with Crippen LogP contribution in [-0.4, -0.2) is 52.2 Å². The van der Waals surface area contributed by atoms with Crippen LogP contribution in [0.5, 0.6) is 0 Å². The molecule has 1 aliphatic heterocycles. The summed E-state index contributed by atoms with van der Waals surface area (Å²) in [5, 5.41) is 18.9. The summed E-state index contributed by atoms with van der Waals surface area (Å²) in [6.45, 7) is 2.50. The summed E-state index contributed by atoms with van der Waals surface area (Å²) in [4.78, 5) is 14.0. The van der Waals surface area contributed by atoms with Gasteiger partial charge in [-0.15, -0.1) is 0 Å². The molecule has 0 spiro atoms. The van der Waals surface area contributed by atoms with Crippen LogP contribution in [0.25, 0.3) is 0 Å². The molecule has 17 heavy (non-hydrogen) atoms. The van der Waals surface area contributed by atoms with Crippen molar-refractivity contribution in [2.45, 2.75) is 25.2 Å². The van der Waals surface area contributed by atoms with Crippen LogP contribution < -0.4 is 0 Å². The molecule has 0 saturated carbocycles. The van der Waals surface area contributed by atoms with E-state index < -0.39 is 12.2 Å². The SMILES string of the molecule is CC(C(=O)c1ccccc1)N1CC(O)C(O)C1. The first-order valence-electron chi connectivity index (χ1n) is 5.79. The predicted molar refractivity (Wildman–Crippen MR) is 63.8 cm³/mol. The fourth-order valence-corrected chi connectivity index (χ4v) is 2.12. The lowest BCUT2D eigenvalue weighted by Gasteiger charge is -2.22. The number of carbonyl (C=O) groups excluding carboxylic acids is 1. The minimum absolute atomic E-state index is 0.0203. The zero-order valence-electron chi connectivity index (χ0n) is 9.78. The molecule has 0 radical (unpaired) electrons. The van der Waals surface area contributed by atoms with Gasteiger partial charge in [-0.25, -0.2) is 0 Å². The summed E-state index contributed by atoms with van der Waals surface area (Å²) >= 11 is 0. The van der Waals surface area contributed by atoms with Gasteiger partial charge in [0.2, 0.25) is 0 Å². The first-order chi connectivity index (χ1) is 8.09. The summed E-state index contributed by atoms with van der Waals surface area (Å²) in [5.74, 6) is 0.0203. The van der Waals surface area contributed by atoms with Crippen LogP contribution in [0.4, 0.5) is 0 Å². The van der Waals surface area contributed by atoms with Gasteiger partial charge in [-0.1, -0.05) is 30.3 Å². The number of benzene rings is 1. The van der Waals surface area contributed by atoms with Gasteiger partial charge >= 0.3 is 0 Å². The molecule has 1 aromatic rings. The smallest absolute Gasteiger partial charge is 0.179 e. The molecule has 0 bridgehead atoms. The molecule has 2 N–H and O–H groups in total. The van der Waals surface area contributed by atoms with E-state index in [0.717, 1.165) is 0 Å². The van der Waals surface area contributed by atoms with Crippen LogP contribution in [0.1, 0.15) is 17.3 Å². The van der Waals surface area contributed by atoms with Gasteiger partial charge < -0.3 is 10.2 Å². The average molecular weight is 235 g/mol. The Morgan fingerprint density at radius 3 is 2.29 bits per heavy atom. The minimum atomic E-state index is -0.749. The van der Waals surface area contributed by atoms with E-state index in [1.165, 1.54) is 0 Å². The maximum atomic E-state index is 12.1. The Labute approximate surface area is 100 Å². The Bertz CT molecular complexity index is 383. The number of aliphatic hydroxyl groups is 2. The van der Waals surface area contributed by atoms with E-state index in [1.807, 2.05) is 23.1 Å². The van der Waals surface area contributed by atoms with Gasteiger partial charge in [-0.3, -0.25) is 9.69 Å². The Morgan fingerprint density at radius 1 is 1.24 bits per heavy atom. The molecule has 4 nitrogen and oxygen atoms in total. The summed E-state index contributed by atoms with van der Waals surface area (Å²) < 4.78 is 0. The summed E-state index contributed by atoms with van der Waals surface area (Å²) in [6.07, 6.45) is -1.50. The highest BCUT2D eigenvalue weighted by molar-refractivity contribution is 5.99. The molecule has 1 aromatic carbocycles. The number of hydrogen-bond acceptors (Lipinski definition) is 4. The first-order valence-corrected chi connectivity index (χ1v) is 5.79. The summed E-state index contributed by atoms with van der Waals surface area (Å²) in [5.41, 5.74) is 0.663. The molecular formula is C13H17NO3. The second-order valence-electron chi connectivity index (χ2n) is 4.49. The molecule has 2 rings (SSSR count). The van der Waals surface area contributed by atoms with Crippen LogP contribution in [0, 0.1) is 0 Å². The molecular weight excluding hydrogens is 218 g/mol. The van der Waals surface area contributed by atoms with E-state index in [0.29, 0.717) is 18.7 Å². The van der Waals surface area contributed by atoms with Crippen LogP contribution in [0.3, 0.4) is 0 Å². The number of Topliss-reactive ketones (excluding diaryl/α,β-unsaturated/α-hetero) is 1. The Morgan fingerprint density at radius 2 is 1.76 bits per heavy atom. The van der Waals surface area contributed by atoms with Crippen LogP contribution in [0.15, 0.2) is 30.3 Å². The van der Waals surface area contributed by atoms with E-state index in [4.69, 9.17) is 0 Å². The zero-order chi connectivity index (χ0) is 12.4. The highest BCUT2D eigenvalue weighted by atomic mass is 16.3. The normalized spacial score (nSPS) is 27.0. The lowest BCUT2D eigenvalue weighted by atomic mass is 10.0. The molecule has 3 unspecified atom stereocenters. The molecule has 4 heteroatoms. The second kappa shape index (κ2) is 4.96. The maximum Gasteiger partial charge on any atom is 0.179 e. The summed E-state index contributed by atoms with van der Waals surface area (Å²) in [6, 6.07) is 8.76. The van der Waals surface area contributed by atoms with Crippen molar-refractivity contribution in [3.63, 3.8) is 0 Å². The molecule has 1 aliphatic rings. The van der Waals surface area contributed by atoms with E-state index in [1.54, 1.807) is 19.1 Å². The number of nitrogens with zero attached hydrogens (tertiary/aromatic N) is 1. The van der Waals surface area contributed by atoms with Gasteiger partial charge in [-0.05, 0) is 6.92 Å². The molecule has 1 heterocycles. The lowest BCUT2D eigenvalue weighted by Crippen LogP contribution is -2.38. The van der Waals surface area contributed by atoms with Gasteiger partial charge in [-0.2, -0.15) is 0 Å². The number of carbonyl (C=O) groups is 1. The van der Waals surface area contributed by atoms with Gasteiger partial charge in [0, 0.05) is 18.7 Å². The average Bonchev–Trinajstić information content (AvgIpc) is 2.69. The predicted octanol–water partition coefficient (Wildman–Crippen LogP) is 0.295. The van der Waals surface area contributed by atoms with Gasteiger partial charge in [0.05, 0.1) is 18.2 Å². The number of likely N-dealkylation sites (tertiary alicyclic amines) is 1. The van der Waals surface area contributed by atoms with Crippen molar-refractivity contribution >= 4 is 5.78 Å². The van der Waals surface area contributed by atoms with E-state index in [-0.39, 0.29) is 11.8 Å². The largest absolute Gasteiger partial charge is 0.389 e. The molecule has 92 valence electrons. The second-order valence-corrected chi connectivity index (χ2v) is 4.49. The molecule has 1 fully saturated rings. The number of β-amino-alcohol motifs (C(OH)–C–C–N with tert-alkyl or cyclic N) is 2. The third-order valence-electron chi connectivity index (χ3n) is 3.27. The Balaban J connectivity index is 2.06. The van der Waals surface area contributed by atoms with E-state index >= 15 is 0 Å². The first kappa shape index (κ1) is 12.2. The summed E-state index contributed by atoms with van der Waals surface area (Å²) in [7, 11) is 0. The minimum Gasteiger partial charge on any atom is -0.389 e. The molecule has 0 aliphatic carbocycles. The van der Waals surface area contributed by atoms with Gasteiger partial charge in [0.25, 0.3) is 0 Å². The van der Waals surface area contributed by atoms with Crippen molar-refractivity contribution in [2.24, 2.45) is 0 Å². The fourth-order valence-electron chi connectivity index (χ4n) is 2.12. The van der Waals surface area contributed by atoms with Crippen LogP contribution in [-0.2, 0) is 0 Å². The van der Waals surface area contributed by atoms with Crippen molar-refractivity contribution in [1.82, 2.24) is 4.90 Å². The Kier molecular flexibility index (Phi) is 3.57. The lowest BCUT2D eigenvalue weighted by molar-refractivity contribution is 0.0572.